The maximum Gasteiger partial charge on any atom is 0.327 e. The highest BCUT2D eigenvalue weighted by Gasteiger charge is 2.15. The standard InChI is InChI=1S/C15H16N2O2S/c1-9(15(18)19-2)17-13-8-7-12(14(16)20)10-5-3-4-6-11(10)13/h3-9,17H,1-2H3,(H2,16,20). The number of carbonyl (C=O) groups excluding carboxylic acids is 1. The molecule has 0 amide bonds. The van der Waals surface area contributed by atoms with E-state index in [1.165, 1.54) is 7.11 Å². The quantitative estimate of drug-likeness (QED) is 0.668. The Hall–Kier alpha value is -2.14. The van der Waals surface area contributed by atoms with E-state index in [1.54, 1.807) is 6.92 Å². The lowest BCUT2D eigenvalue weighted by Gasteiger charge is -2.16. The van der Waals surface area contributed by atoms with Crippen LogP contribution in [-0.4, -0.2) is 24.1 Å². The highest BCUT2D eigenvalue weighted by molar-refractivity contribution is 7.80. The largest absolute Gasteiger partial charge is 0.467 e. The van der Waals surface area contributed by atoms with Crippen LogP contribution in [0, 0.1) is 0 Å². The van der Waals surface area contributed by atoms with Crippen LogP contribution >= 0.6 is 12.2 Å². The first-order valence-corrected chi connectivity index (χ1v) is 6.61. The topological polar surface area (TPSA) is 64.3 Å². The minimum atomic E-state index is -0.431. The summed E-state index contributed by atoms with van der Waals surface area (Å²) in [4.78, 5) is 11.9. The van der Waals surface area contributed by atoms with Crippen molar-refractivity contribution in [3.63, 3.8) is 0 Å². The molecule has 0 spiro atoms. The van der Waals surface area contributed by atoms with Crippen LogP contribution in [0.25, 0.3) is 10.8 Å². The van der Waals surface area contributed by atoms with E-state index in [-0.39, 0.29) is 5.97 Å². The van der Waals surface area contributed by atoms with Gasteiger partial charge in [-0.3, -0.25) is 0 Å². The number of thiocarbonyl (C=S) groups is 1. The number of esters is 1. The van der Waals surface area contributed by atoms with E-state index in [0.717, 1.165) is 22.0 Å². The van der Waals surface area contributed by atoms with Gasteiger partial charge in [0.25, 0.3) is 0 Å². The number of hydrogen-bond donors (Lipinski definition) is 2. The Labute approximate surface area is 122 Å². The Morgan fingerprint density at radius 1 is 1.25 bits per heavy atom. The van der Waals surface area contributed by atoms with Crippen LogP contribution in [0.15, 0.2) is 36.4 Å². The van der Waals surface area contributed by atoms with Crippen molar-refractivity contribution in [2.75, 3.05) is 12.4 Å². The Bertz CT molecular complexity index is 670. The van der Waals surface area contributed by atoms with Crippen molar-refractivity contribution in [3.8, 4) is 0 Å². The number of nitrogens with two attached hydrogens (primary N) is 1. The summed E-state index contributed by atoms with van der Waals surface area (Å²) in [6.07, 6.45) is 0. The number of ether oxygens (including phenoxy) is 1. The summed E-state index contributed by atoms with van der Waals surface area (Å²) >= 11 is 5.06. The van der Waals surface area contributed by atoms with Crippen LogP contribution in [0.5, 0.6) is 0 Å². The van der Waals surface area contributed by atoms with Crippen LogP contribution in [0.1, 0.15) is 12.5 Å². The fourth-order valence-electron chi connectivity index (χ4n) is 2.11. The summed E-state index contributed by atoms with van der Waals surface area (Å²) < 4.78 is 4.72. The molecular weight excluding hydrogens is 272 g/mol. The second kappa shape index (κ2) is 5.88. The van der Waals surface area contributed by atoms with Gasteiger partial charge in [0.2, 0.25) is 0 Å². The van der Waals surface area contributed by atoms with Gasteiger partial charge in [0.15, 0.2) is 0 Å². The van der Waals surface area contributed by atoms with Crippen molar-refractivity contribution in [2.45, 2.75) is 13.0 Å². The average molecular weight is 288 g/mol. The van der Waals surface area contributed by atoms with Gasteiger partial charge in [-0.2, -0.15) is 0 Å². The molecule has 0 saturated heterocycles. The molecule has 0 aliphatic rings. The van der Waals surface area contributed by atoms with Crippen LogP contribution in [0.4, 0.5) is 5.69 Å². The summed E-state index contributed by atoms with van der Waals surface area (Å²) in [7, 11) is 1.37. The van der Waals surface area contributed by atoms with E-state index in [2.05, 4.69) is 5.32 Å². The lowest BCUT2D eigenvalue weighted by Crippen LogP contribution is -2.27. The number of benzene rings is 2. The SMILES string of the molecule is COC(=O)C(C)Nc1ccc(C(N)=S)c2ccccc12. The van der Waals surface area contributed by atoms with E-state index in [0.29, 0.717) is 4.99 Å². The molecule has 0 radical (unpaired) electrons. The minimum Gasteiger partial charge on any atom is -0.467 e. The molecule has 20 heavy (non-hydrogen) atoms. The molecule has 4 nitrogen and oxygen atoms in total. The smallest absolute Gasteiger partial charge is 0.327 e. The average Bonchev–Trinajstić information content (AvgIpc) is 2.46. The van der Waals surface area contributed by atoms with Crippen molar-refractivity contribution in [1.82, 2.24) is 0 Å². The molecule has 2 aromatic carbocycles. The molecule has 0 aliphatic carbocycles. The van der Waals surface area contributed by atoms with E-state index >= 15 is 0 Å². The van der Waals surface area contributed by atoms with Crippen LogP contribution in [-0.2, 0) is 9.53 Å². The van der Waals surface area contributed by atoms with Crippen LogP contribution in [0.2, 0.25) is 0 Å². The van der Waals surface area contributed by atoms with Gasteiger partial charge in [-0.1, -0.05) is 36.5 Å². The predicted octanol–water partition coefficient (Wildman–Crippen LogP) is 2.45. The number of rotatable bonds is 4. The van der Waals surface area contributed by atoms with Gasteiger partial charge < -0.3 is 15.8 Å². The highest BCUT2D eigenvalue weighted by Crippen LogP contribution is 2.27. The number of hydrogen-bond acceptors (Lipinski definition) is 4. The molecule has 2 aromatic rings. The van der Waals surface area contributed by atoms with Crippen LogP contribution in [0.3, 0.4) is 0 Å². The third-order valence-corrected chi connectivity index (χ3v) is 3.34. The van der Waals surface area contributed by atoms with Gasteiger partial charge in [-0.05, 0) is 24.4 Å². The van der Waals surface area contributed by atoms with E-state index < -0.39 is 6.04 Å². The number of anilines is 1. The van der Waals surface area contributed by atoms with E-state index in [9.17, 15) is 4.79 Å². The van der Waals surface area contributed by atoms with Gasteiger partial charge in [0.1, 0.15) is 11.0 Å². The first kappa shape index (κ1) is 14.3. The van der Waals surface area contributed by atoms with Crippen molar-refractivity contribution < 1.29 is 9.53 Å². The first-order chi connectivity index (χ1) is 9.54. The molecule has 1 unspecified atom stereocenters. The molecule has 1 atom stereocenters. The lowest BCUT2D eigenvalue weighted by atomic mass is 10.0. The van der Waals surface area contributed by atoms with Gasteiger partial charge in [0, 0.05) is 16.6 Å². The zero-order chi connectivity index (χ0) is 14.7. The summed E-state index contributed by atoms with van der Waals surface area (Å²) in [6, 6.07) is 11.1. The minimum absolute atomic E-state index is 0.312. The highest BCUT2D eigenvalue weighted by atomic mass is 32.1. The van der Waals surface area contributed by atoms with Gasteiger partial charge >= 0.3 is 5.97 Å². The third-order valence-electron chi connectivity index (χ3n) is 3.12. The Kier molecular flexibility index (Phi) is 4.20. The Morgan fingerprint density at radius 2 is 1.90 bits per heavy atom. The van der Waals surface area contributed by atoms with Crippen LogP contribution < -0.4 is 11.1 Å². The zero-order valence-corrected chi connectivity index (χ0v) is 12.2. The lowest BCUT2D eigenvalue weighted by molar-refractivity contribution is -0.141. The molecule has 0 fully saturated rings. The maximum atomic E-state index is 11.5. The second-order valence-electron chi connectivity index (χ2n) is 4.46. The molecule has 0 heterocycles. The van der Waals surface area contributed by atoms with Crippen molar-refractivity contribution in [3.05, 3.63) is 42.0 Å². The molecule has 0 aromatic heterocycles. The maximum absolute atomic E-state index is 11.5. The molecule has 104 valence electrons. The molecular formula is C15H16N2O2S. The zero-order valence-electron chi connectivity index (χ0n) is 11.3. The van der Waals surface area contributed by atoms with Gasteiger partial charge in [-0.25, -0.2) is 4.79 Å². The Balaban J connectivity index is 2.48. The normalized spacial score (nSPS) is 11.9. The van der Waals surface area contributed by atoms with Gasteiger partial charge in [-0.15, -0.1) is 0 Å². The van der Waals surface area contributed by atoms with E-state index in [4.69, 9.17) is 22.7 Å². The third kappa shape index (κ3) is 2.72. The molecule has 3 N–H and O–H groups in total. The molecule has 0 saturated carbocycles. The van der Waals surface area contributed by atoms with Gasteiger partial charge in [0.05, 0.1) is 7.11 Å². The summed E-state index contributed by atoms with van der Waals surface area (Å²) in [5.74, 6) is -0.312. The Morgan fingerprint density at radius 3 is 2.50 bits per heavy atom. The molecule has 2 rings (SSSR count). The number of methoxy groups -OCH3 is 1. The molecule has 5 heteroatoms. The summed E-state index contributed by atoms with van der Waals surface area (Å²) in [5, 5.41) is 5.07. The molecule has 0 aliphatic heterocycles. The second-order valence-corrected chi connectivity index (χ2v) is 4.90. The fourth-order valence-corrected chi connectivity index (χ4v) is 2.29. The monoisotopic (exact) mass is 288 g/mol. The van der Waals surface area contributed by atoms with Crippen molar-refractivity contribution >= 4 is 39.6 Å². The fraction of sp³-hybridized carbons (Fsp3) is 0.200. The van der Waals surface area contributed by atoms with Crippen molar-refractivity contribution in [1.29, 1.82) is 0 Å². The van der Waals surface area contributed by atoms with Crippen molar-refractivity contribution in [2.24, 2.45) is 5.73 Å². The molecule has 0 bridgehead atoms. The number of carbonyl (C=O) groups is 1. The first-order valence-electron chi connectivity index (χ1n) is 6.20. The van der Waals surface area contributed by atoms with E-state index in [1.807, 2.05) is 36.4 Å². The summed E-state index contributed by atoms with van der Waals surface area (Å²) in [5.41, 5.74) is 7.41. The number of fused-ring (bicyclic) bond motifs is 1. The number of nitrogens with one attached hydrogen (secondary N) is 1. The summed E-state index contributed by atoms with van der Waals surface area (Å²) in [6.45, 7) is 1.75. The predicted molar refractivity (Wildman–Crippen MR) is 84.9 cm³/mol.